The van der Waals surface area contributed by atoms with Gasteiger partial charge in [-0.3, -0.25) is 0 Å². The highest BCUT2D eigenvalue weighted by Crippen LogP contribution is 2.36. The molecular formula is C15H21N5. The van der Waals surface area contributed by atoms with Gasteiger partial charge in [-0.1, -0.05) is 19.1 Å². The van der Waals surface area contributed by atoms with Crippen LogP contribution in [0.2, 0.25) is 0 Å². The summed E-state index contributed by atoms with van der Waals surface area (Å²) >= 11 is 0. The van der Waals surface area contributed by atoms with Gasteiger partial charge in [0.15, 0.2) is 0 Å². The third-order valence-electron chi connectivity index (χ3n) is 4.52. The van der Waals surface area contributed by atoms with E-state index in [1.807, 2.05) is 0 Å². The lowest BCUT2D eigenvalue weighted by molar-refractivity contribution is 0.160. The summed E-state index contributed by atoms with van der Waals surface area (Å²) in [5.41, 5.74) is 2.66. The molecule has 0 radical (unpaired) electrons. The van der Waals surface area contributed by atoms with Gasteiger partial charge in [0.25, 0.3) is 0 Å². The Morgan fingerprint density at radius 1 is 1.30 bits per heavy atom. The predicted octanol–water partition coefficient (Wildman–Crippen LogP) is 2.65. The van der Waals surface area contributed by atoms with Crippen molar-refractivity contribution in [2.45, 2.75) is 51.1 Å². The maximum absolute atomic E-state index is 3.90. The van der Waals surface area contributed by atoms with Crippen LogP contribution in [0.5, 0.6) is 0 Å². The van der Waals surface area contributed by atoms with E-state index in [1.165, 1.54) is 31.2 Å². The summed E-state index contributed by atoms with van der Waals surface area (Å²) in [6.45, 7) is 4.52. The SMILES string of the molecule is CCC1(NC(C)c2ccc(-n3cnnn3)cc2)CCC1. The molecule has 0 saturated heterocycles. The van der Waals surface area contributed by atoms with Crippen molar-refractivity contribution in [1.82, 2.24) is 25.5 Å². The molecule has 1 aromatic carbocycles. The standard InChI is InChI=1S/C15H21N5/c1-3-15(9-4-10-15)17-12(2)13-5-7-14(8-6-13)20-11-16-18-19-20/h5-8,11-12,17H,3-4,9-10H2,1-2H3. The van der Waals surface area contributed by atoms with Crippen molar-refractivity contribution in [3.05, 3.63) is 36.2 Å². The molecule has 106 valence electrons. The summed E-state index contributed by atoms with van der Waals surface area (Å²) in [6, 6.07) is 8.79. The van der Waals surface area contributed by atoms with Crippen LogP contribution in [0.1, 0.15) is 51.1 Å². The summed E-state index contributed by atoms with van der Waals surface area (Å²) in [4.78, 5) is 0. The molecule has 1 heterocycles. The second kappa shape index (κ2) is 5.32. The number of tetrazole rings is 1. The third-order valence-corrected chi connectivity index (χ3v) is 4.52. The molecule has 0 aliphatic heterocycles. The number of hydrogen-bond acceptors (Lipinski definition) is 4. The molecular weight excluding hydrogens is 250 g/mol. The Kier molecular flexibility index (Phi) is 3.53. The number of rotatable bonds is 5. The zero-order chi connectivity index (χ0) is 14.0. The van der Waals surface area contributed by atoms with Gasteiger partial charge >= 0.3 is 0 Å². The van der Waals surface area contributed by atoms with E-state index in [-0.39, 0.29) is 0 Å². The molecule has 1 fully saturated rings. The average Bonchev–Trinajstić information content (AvgIpc) is 2.97. The highest BCUT2D eigenvalue weighted by Gasteiger charge is 2.35. The quantitative estimate of drug-likeness (QED) is 0.908. The summed E-state index contributed by atoms with van der Waals surface area (Å²) in [5.74, 6) is 0. The molecule has 0 amide bonds. The molecule has 1 aliphatic rings. The van der Waals surface area contributed by atoms with Gasteiger partial charge in [0.1, 0.15) is 6.33 Å². The number of aromatic nitrogens is 4. The lowest BCUT2D eigenvalue weighted by Crippen LogP contribution is -2.51. The number of hydrogen-bond donors (Lipinski definition) is 1. The van der Waals surface area contributed by atoms with Crippen molar-refractivity contribution in [3.8, 4) is 5.69 Å². The molecule has 1 atom stereocenters. The molecule has 3 rings (SSSR count). The Bertz CT molecular complexity index is 537. The Morgan fingerprint density at radius 3 is 2.55 bits per heavy atom. The maximum atomic E-state index is 3.90. The van der Waals surface area contributed by atoms with Gasteiger partial charge in [0, 0.05) is 11.6 Å². The average molecular weight is 271 g/mol. The third kappa shape index (κ3) is 2.45. The van der Waals surface area contributed by atoms with Crippen molar-refractivity contribution in [2.75, 3.05) is 0 Å². The molecule has 1 saturated carbocycles. The van der Waals surface area contributed by atoms with Gasteiger partial charge in [-0.2, -0.15) is 0 Å². The van der Waals surface area contributed by atoms with Crippen molar-refractivity contribution >= 4 is 0 Å². The van der Waals surface area contributed by atoms with Gasteiger partial charge in [0.05, 0.1) is 5.69 Å². The zero-order valence-electron chi connectivity index (χ0n) is 12.1. The molecule has 5 nitrogen and oxygen atoms in total. The predicted molar refractivity (Wildman–Crippen MR) is 77.6 cm³/mol. The topological polar surface area (TPSA) is 55.6 Å². The molecule has 1 aromatic heterocycles. The van der Waals surface area contributed by atoms with Gasteiger partial charge in [-0.25, -0.2) is 4.68 Å². The van der Waals surface area contributed by atoms with Crippen LogP contribution in [-0.2, 0) is 0 Å². The molecule has 1 N–H and O–H groups in total. The number of nitrogens with zero attached hydrogens (tertiary/aromatic N) is 4. The van der Waals surface area contributed by atoms with Crippen LogP contribution >= 0.6 is 0 Å². The van der Waals surface area contributed by atoms with E-state index in [0.29, 0.717) is 11.6 Å². The molecule has 20 heavy (non-hydrogen) atoms. The normalized spacial score (nSPS) is 18.5. The molecule has 2 aromatic rings. The first kappa shape index (κ1) is 13.2. The van der Waals surface area contributed by atoms with E-state index in [4.69, 9.17) is 0 Å². The van der Waals surface area contributed by atoms with Crippen molar-refractivity contribution in [3.63, 3.8) is 0 Å². The Morgan fingerprint density at radius 2 is 2.05 bits per heavy atom. The smallest absolute Gasteiger partial charge is 0.143 e. The van der Waals surface area contributed by atoms with Crippen LogP contribution in [0.25, 0.3) is 5.69 Å². The fourth-order valence-corrected chi connectivity index (χ4v) is 2.94. The van der Waals surface area contributed by atoms with Gasteiger partial charge in [-0.15, -0.1) is 5.10 Å². The minimum Gasteiger partial charge on any atom is -0.305 e. The zero-order valence-corrected chi connectivity index (χ0v) is 12.1. The van der Waals surface area contributed by atoms with E-state index in [2.05, 4.69) is 59.0 Å². The van der Waals surface area contributed by atoms with Gasteiger partial charge < -0.3 is 5.32 Å². The van der Waals surface area contributed by atoms with Crippen molar-refractivity contribution < 1.29 is 0 Å². The fourth-order valence-electron chi connectivity index (χ4n) is 2.94. The summed E-state index contributed by atoms with van der Waals surface area (Å²) in [6.07, 6.45) is 6.77. The molecule has 0 spiro atoms. The van der Waals surface area contributed by atoms with Crippen LogP contribution < -0.4 is 5.32 Å². The number of benzene rings is 1. The van der Waals surface area contributed by atoms with Crippen LogP contribution in [0.4, 0.5) is 0 Å². The lowest BCUT2D eigenvalue weighted by Gasteiger charge is -2.44. The summed E-state index contributed by atoms with van der Waals surface area (Å²) in [7, 11) is 0. The van der Waals surface area contributed by atoms with Crippen molar-refractivity contribution in [1.29, 1.82) is 0 Å². The van der Waals surface area contributed by atoms with Crippen molar-refractivity contribution in [2.24, 2.45) is 0 Å². The number of nitrogens with one attached hydrogen (secondary N) is 1. The Labute approximate surface area is 119 Å². The van der Waals surface area contributed by atoms with E-state index in [9.17, 15) is 0 Å². The monoisotopic (exact) mass is 271 g/mol. The molecule has 0 bridgehead atoms. The Balaban J connectivity index is 1.71. The molecule has 1 aliphatic carbocycles. The van der Waals surface area contributed by atoms with Crippen LogP contribution in [-0.4, -0.2) is 25.7 Å². The van der Waals surface area contributed by atoms with Crippen LogP contribution in [0, 0.1) is 0 Å². The maximum Gasteiger partial charge on any atom is 0.143 e. The van der Waals surface area contributed by atoms with Crippen LogP contribution in [0.15, 0.2) is 30.6 Å². The first-order valence-corrected chi connectivity index (χ1v) is 7.33. The van der Waals surface area contributed by atoms with E-state index < -0.39 is 0 Å². The largest absolute Gasteiger partial charge is 0.305 e. The summed E-state index contributed by atoms with van der Waals surface area (Å²) < 4.78 is 1.67. The Hall–Kier alpha value is -1.75. The first-order valence-electron chi connectivity index (χ1n) is 7.33. The van der Waals surface area contributed by atoms with E-state index in [0.717, 1.165) is 5.69 Å². The van der Waals surface area contributed by atoms with Gasteiger partial charge in [0.2, 0.25) is 0 Å². The second-order valence-electron chi connectivity index (χ2n) is 5.70. The molecule has 1 unspecified atom stereocenters. The fraction of sp³-hybridized carbons (Fsp3) is 0.533. The minimum absolute atomic E-state index is 0.369. The first-order chi connectivity index (χ1) is 9.72. The lowest BCUT2D eigenvalue weighted by atomic mass is 9.74. The van der Waals surface area contributed by atoms with Gasteiger partial charge in [-0.05, 0) is 60.7 Å². The van der Waals surface area contributed by atoms with E-state index >= 15 is 0 Å². The minimum atomic E-state index is 0.369. The highest BCUT2D eigenvalue weighted by atomic mass is 15.5. The van der Waals surface area contributed by atoms with Crippen LogP contribution in [0.3, 0.4) is 0 Å². The molecule has 5 heteroatoms. The van der Waals surface area contributed by atoms with E-state index in [1.54, 1.807) is 11.0 Å². The highest BCUT2D eigenvalue weighted by molar-refractivity contribution is 5.34. The summed E-state index contributed by atoms with van der Waals surface area (Å²) in [5, 5.41) is 15.0. The second-order valence-corrected chi connectivity index (χ2v) is 5.70.